The smallest absolute Gasteiger partial charge is 0.408 e. The molecule has 1 aromatic rings. The molecule has 1 rings (SSSR count). The molecule has 2 amide bonds. The van der Waals surface area contributed by atoms with Gasteiger partial charge < -0.3 is 15.4 Å². The minimum atomic E-state index is -1.16. The first-order valence-corrected chi connectivity index (χ1v) is 8.71. The molecule has 128 valence electrons. The normalized spacial score (nSPS) is 13.7. The molecule has 0 radical (unpaired) electrons. The predicted molar refractivity (Wildman–Crippen MR) is 89.6 cm³/mol. The van der Waals surface area contributed by atoms with Crippen molar-refractivity contribution in [1.29, 1.82) is 0 Å². The Morgan fingerprint density at radius 2 is 1.83 bits per heavy atom. The summed E-state index contributed by atoms with van der Waals surface area (Å²) in [6.07, 6.45) is -0.645. The maximum atomic E-state index is 12.0. The van der Waals surface area contributed by atoms with Crippen molar-refractivity contribution in [3.8, 4) is 0 Å². The van der Waals surface area contributed by atoms with Crippen molar-refractivity contribution >= 4 is 22.8 Å². The summed E-state index contributed by atoms with van der Waals surface area (Å²) in [6, 6.07) is 8.33. The topological polar surface area (TPSA) is 84.5 Å². The Morgan fingerprint density at radius 1 is 1.22 bits per heavy atom. The molecule has 7 heteroatoms. The van der Waals surface area contributed by atoms with Crippen LogP contribution in [0.1, 0.15) is 27.7 Å². The summed E-state index contributed by atoms with van der Waals surface area (Å²) in [5.41, 5.74) is -0.618. The van der Waals surface area contributed by atoms with Crippen LogP contribution >= 0.6 is 0 Å². The molecule has 0 aliphatic carbocycles. The molecule has 0 spiro atoms. The highest BCUT2D eigenvalue weighted by molar-refractivity contribution is 7.85. The van der Waals surface area contributed by atoms with Crippen molar-refractivity contribution in [2.75, 3.05) is 12.3 Å². The lowest BCUT2D eigenvalue weighted by atomic mass is 10.2. The van der Waals surface area contributed by atoms with Crippen LogP contribution < -0.4 is 10.6 Å². The Bertz CT molecular complexity index is 555. The molecule has 0 saturated heterocycles. The summed E-state index contributed by atoms with van der Waals surface area (Å²) in [4.78, 5) is 24.2. The summed E-state index contributed by atoms with van der Waals surface area (Å²) < 4.78 is 17.1. The van der Waals surface area contributed by atoms with E-state index in [0.29, 0.717) is 5.75 Å². The fourth-order valence-corrected chi connectivity index (χ4v) is 2.64. The Morgan fingerprint density at radius 3 is 2.39 bits per heavy atom. The van der Waals surface area contributed by atoms with E-state index in [1.165, 1.54) is 0 Å². The molecule has 0 heterocycles. The number of amides is 2. The van der Waals surface area contributed by atoms with Crippen molar-refractivity contribution < 1.29 is 18.5 Å². The predicted octanol–water partition coefficient (Wildman–Crippen LogP) is 1.82. The molecular weight excluding hydrogens is 316 g/mol. The minimum absolute atomic E-state index is 0.265. The number of hydrogen-bond acceptors (Lipinski definition) is 4. The van der Waals surface area contributed by atoms with Crippen molar-refractivity contribution in [2.45, 2.75) is 44.2 Å². The van der Waals surface area contributed by atoms with Gasteiger partial charge in [0.25, 0.3) is 0 Å². The standard InChI is InChI=1S/C16H24N2O4S/c1-12(18-15(20)22-16(2,3)4)14(19)17-10-11-23(21)13-8-6-5-7-9-13/h5-9,12H,10-11H2,1-4H3,(H,17,19)(H,18,20)/t12-,23?/m1/s1. The van der Waals surface area contributed by atoms with Gasteiger partial charge in [-0.1, -0.05) is 18.2 Å². The van der Waals surface area contributed by atoms with E-state index in [-0.39, 0.29) is 12.5 Å². The zero-order valence-corrected chi connectivity index (χ0v) is 14.7. The van der Waals surface area contributed by atoms with Gasteiger partial charge in [0, 0.05) is 17.2 Å². The van der Waals surface area contributed by atoms with Gasteiger partial charge in [-0.3, -0.25) is 9.00 Å². The van der Waals surface area contributed by atoms with Gasteiger partial charge in [0.1, 0.15) is 11.6 Å². The van der Waals surface area contributed by atoms with E-state index in [4.69, 9.17) is 4.74 Å². The molecule has 1 unspecified atom stereocenters. The van der Waals surface area contributed by atoms with Crippen molar-refractivity contribution in [3.05, 3.63) is 30.3 Å². The van der Waals surface area contributed by atoms with Crippen molar-refractivity contribution in [3.63, 3.8) is 0 Å². The Balaban J connectivity index is 2.33. The number of nitrogens with one attached hydrogen (secondary N) is 2. The quantitative estimate of drug-likeness (QED) is 0.827. The van der Waals surface area contributed by atoms with Gasteiger partial charge in [-0.15, -0.1) is 0 Å². The third-order valence-electron chi connectivity index (χ3n) is 2.72. The first-order valence-electron chi connectivity index (χ1n) is 7.39. The van der Waals surface area contributed by atoms with Crippen LogP contribution in [0.2, 0.25) is 0 Å². The number of alkyl carbamates (subject to hydrolysis) is 1. The van der Waals surface area contributed by atoms with Gasteiger partial charge in [-0.25, -0.2) is 4.79 Å². The maximum Gasteiger partial charge on any atom is 0.408 e. The molecule has 0 aromatic heterocycles. The Hall–Kier alpha value is -1.89. The lowest BCUT2D eigenvalue weighted by molar-refractivity contribution is -0.122. The van der Waals surface area contributed by atoms with Crippen LogP contribution in [0.25, 0.3) is 0 Å². The Labute approximate surface area is 139 Å². The summed E-state index contributed by atoms with van der Waals surface area (Å²) in [7, 11) is -1.16. The molecule has 0 bridgehead atoms. The largest absolute Gasteiger partial charge is 0.444 e. The highest BCUT2D eigenvalue weighted by Crippen LogP contribution is 2.07. The van der Waals surface area contributed by atoms with Gasteiger partial charge >= 0.3 is 6.09 Å². The van der Waals surface area contributed by atoms with Crippen LogP contribution in [0, 0.1) is 0 Å². The second-order valence-corrected chi connectivity index (χ2v) is 7.59. The molecule has 0 fully saturated rings. The number of rotatable bonds is 6. The number of hydrogen-bond donors (Lipinski definition) is 2. The van der Waals surface area contributed by atoms with Crippen molar-refractivity contribution in [1.82, 2.24) is 10.6 Å². The highest BCUT2D eigenvalue weighted by Gasteiger charge is 2.20. The fraction of sp³-hybridized carbons (Fsp3) is 0.500. The monoisotopic (exact) mass is 340 g/mol. The number of benzene rings is 1. The summed E-state index contributed by atoms with van der Waals surface area (Å²) in [5, 5.41) is 5.11. The molecule has 2 atom stereocenters. The van der Waals surface area contributed by atoms with E-state index in [1.807, 2.05) is 18.2 Å². The average Bonchev–Trinajstić information content (AvgIpc) is 2.45. The number of carbonyl (C=O) groups excluding carboxylic acids is 2. The molecule has 1 aromatic carbocycles. The maximum absolute atomic E-state index is 12.0. The van der Waals surface area contributed by atoms with Gasteiger partial charge in [-0.05, 0) is 39.8 Å². The van der Waals surface area contributed by atoms with E-state index in [2.05, 4.69) is 10.6 Å². The average molecular weight is 340 g/mol. The summed E-state index contributed by atoms with van der Waals surface area (Å²) >= 11 is 0. The van der Waals surface area contributed by atoms with E-state index >= 15 is 0 Å². The van der Waals surface area contributed by atoms with Crippen LogP contribution in [0.4, 0.5) is 4.79 Å². The minimum Gasteiger partial charge on any atom is -0.444 e. The van der Waals surface area contributed by atoms with Gasteiger partial charge in [0.2, 0.25) is 5.91 Å². The number of ether oxygens (including phenoxy) is 1. The van der Waals surface area contributed by atoms with Gasteiger partial charge in [-0.2, -0.15) is 0 Å². The molecule has 0 aliphatic heterocycles. The second-order valence-electron chi connectivity index (χ2n) is 6.02. The highest BCUT2D eigenvalue weighted by atomic mass is 32.2. The summed E-state index contributed by atoms with van der Waals surface area (Å²) in [6.45, 7) is 7.07. The second kappa shape index (κ2) is 8.67. The van der Waals surface area contributed by atoms with E-state index in [0.717, 1.165) is 4.90 Å². The molecule has 6 nitrogen and oxygen atoms in total. The Kier molecular flexibility index (Phi) is 7.22. The first-order chi connectivity index (χ1) is 10.7. The summed E-state index contributed by atoms with van der Waals surface area (Å²) in [5.74, 6) is -0.0320. The lowest BCUT2D eigenvalue weighted by Gasteiger charge is -2.21. The molecule has 0 aliphatic rings. The zero-order chi connectivity index (χ0) is 17.5. The van der Waals surface area contributed by atoms with Crippen LogP contribution in [0.3, 0.4) is 0 Å². The van der Waals surface area contributed by atoms with Gasteiger partial charge in [0.05, 0.1) is 10.8 Å². The molecule has 23 heavy (non-hydrogen) atoms. The van der Waals surface area contributed by atoms with E-state index in [9.17, 15) is 13.8 Å². The number of carbonyl (C=O) groups is 2. The lowest BCUT2D eigenvalue weighted by Crippen LogP contribution is -2.47. The van der Waals surface area contributed by atoms with Crippen LogP contribution in [-0.4, -0.2) is 40.1 Å². The third kappa shape index (κ3) is 7.78. The van der Waals surface area contributed by atoms with Crippen LogP contribution in [-0.2, 0) is 20.3 Å². The SMILES string of the molecule is C[C@@H](NC(=O)OC(C)(C)C)C(=O)NCCS(=O)c1ccccc1. The van der Waals surface area contributed by atoms with Crippen molar-refractivity contribution in [2.24, 2.45) is 0 Å². The van der Waals surface area contributed by atoms with Gasteiger partial charge in [0.15, 0.2) is 0 Å². The van der Waals surface area contributed by atoms with E-state index in [1.54, 1.807) is 39.8 Å². The molecular formula is C16H24N2O4S. The molecule has 2 N–H and O–H groups in total. The fourth-order valence-electron chi connectivity index (χ4n) is 1.66. The van der Waals surface area contributed by atoms with E-state index < -0.39 is 28.5 Å². The zero-order valence-electron chi connectivity index (χ0n) is 13.9. The third-order valence-corrected chi connectivity index (χ3v) is 4.09. The molecule has 0 saturated carbocycles. The first kappa shape index (κ1) is 19.2. The van der Waals surface area contributed by atoms with Crippen LogP contribution in [0.5, 0.6) is 0 Å². The van der Waals surface area contributed by atoms with Crippen LogP contribution in [0.15, 0.2) is 35.2 Å².